The van der Waals surface area contributed by atoms with Gasteiger partial charge in [0.15, 0.2) is 0 Å². The van der Waals surface area contributed by atoms with E-state index in [0.29, 0.717) is 11.4 Å². The molecule has 0 unspecified atom stereocenters. The Balaban J connectivity index is 3.07. The molecular formula is C7H8BrNO2S. The summed E-state index contributed by atoms with van der Waals surface area (Å²) < 4.78 is 5.46. The second-order valence-electron chi connectivity index (χ2n) is 2.09. The maximum atomic E-state index is 11.1. The summed E-state index contributed by atoms with van der Waals surface area (Å²) in [5.74, 6) is -0.328. The number of hydrogen-bond acceptors (Lipinski definition) is 4. The summed E-state index contributed by atoms with van der Waals surface area (Å²) in [5.41, 5.74) is 6.27. The summed E-state index contributed by atoms with van der Waals surface area (Å²) in [6.07, 6.45) is 0. The number of rotatable bonds is 2. The molecule has 1 heterocycles. The van der Waals surface area contributed by atoms with Crippen LogP contribution in [-0.2, 0) is 11.3 Å². The third-order valence-electron chi connectivity index (χ3n) is 1.42. The van der Waals surface area contributed by atoms with Gasteiger partial charge < -0.3 is 10.5 Å². The molecule has 0 saturated heterocycles. The first kappa shape index (κ1) is 9.70. The van der Waals surface area contributed by atoms with E-state index in [1.807, 2.05) is 5.38 Å². The quantitative estimate of drug-likeness (QED) is 0.813. The van der Waals surface area contributed by atoms with Crippen molar-refractivity contribution in [2.45, 2.75) is 6.54 Å². The molecule has 0 atom stereocenters. The predicted molar refractivity (Wildman–Crippen MR) is 51.2 cm³/mol. The maximum Gasteiger partial charge on any atom is 0.348 e. The molecule has 12 heavy (non-hydrogen) atoms. The van der Waals surface area contributed by atoms with Gasteiger partial charge in [-0.2, -0.15) is 0 Å². The smallest absolute Gasteiger partial charge is 0.348 e. The summed E-state index contributed by atoms with van der Waals surface area (Å²) in [6, 6.07) is 0. The SMILES string of the molecule is COC(=O)c1scc(Br)c1CN. The van der Waals surface area contributed by atoms with Crippen molar-refractivity contribution in [3.63, 3.8) is 0 Å². The zero-order valence-electron chi connectivity index (χ0n) is 6.46. The third kappa shape index (κ3) is 1.68. The molecule has 5 heteroatoms. The van der Waals surface area contributed by atoms with Crippen molar-refractivity contribution >= 4 is 33.2 Å². The highest BCUT2D eigenvalue weighted by molar-refractivity contribution is 9.10. The van der Waals surface area contributed by atoms with E-state index in [1.54, 1.807) is 0 Å². The standard InChI is InChI=1S/C7H8BrNO2S/c1-11-7(10)6-4(2-9)5(8)3-12-6/h3H,2,9H2,1H3. The van der Waals surface area contributed by atoms with Gasteiger partial charge >= 0.3 is 5.97 Å². The van der Waals surface area contributed by atoms with Crippen LogP contribution in [0.3, 0.4) is 0 Å². The van der Waals surface area contributed by atoms with E-state index >= 15 is 0 Å². The average Bonchev–Trinajstić information content (AvgIpc) is 2.45. The van der Waals surface area contributed by atoms with Gasteiger partial charge in [-0.25, -0.2) is 4.79 Å². The zero-order valence-corrected chi connectivity index (χ0v) is 8.87. The molecular weight excluding hydrogens is 242 g/mol. The first-order chi connectivity index (χ1) is 5.70. The van der Waals surface area contributed by atoms with Crippen molar-refractivity contribution in [3.05, 3.63) is 20.3 Å². The number of nitrogens with two attached hydrogens (primary N) is 1. The van der Waals surface area contributed by atoms with Gasteiger partial charge in [0, 0.05) is 22.0 Å². The number of esters is 1. The van der Waals surface area contributed by atoms with Gasteiger partial charge in [0.2, 0.25) is 0 Å². The van der Waals surface area contributed by atoms with E-state index in [0.717, 1.165) is 10.0 Å². The molecule has 0 saturated carbocycles. The van der Waals surface area contributed by atoms with Crippen LogP contribution < -0.4 is 5.73 Å². The molecule has 0 spiro atoms. The summed E-state index contributed by atoms with van der Waals surface area (Å²) in [6.45, 7) is 0.342. The maximum absolute atomic E-state index is 11.1. The van der Waals surface area contributed by atoms with E-state index in [2.05, 4.69) is 20.7 Å². The minimum absolute atomic E-state index is 0.328. The Morgan fingerprint density at radius 3 is 3.00 bits per heavy atom. The Morgan fingerprint density at radius 2 is 2.50 bits per heavy atom. The van der Waals surface area contributed by atoms with Crippen LogP contribution in [0.25, 0.3) is 0 Å². The van der Waals surface area contributed by atoms with Crippen LogP contribution in [-0.4, -0.2) is 13.1 Å². The third-order valence-corrected chi connectivity index (χ3v) is 3.43. The predicted octanol–water partition coefficient (Wildman–Crippen LogP) is 1.76. The Bertz CT molecular complexity index is 298. The van der Waals surface area contributed by atoms with Gasteiger partial charge in [0.25, 0.3) is 0 Å². The van der Waals surface area contributed by atoms with Gasteiger partial charge in [0.05, 0.1) is 7.11 Å². The lowest BCUT2D eigenvalue weighted by Gasteiger charge is -1.98. The minimum atomic E-state index is -0.328. The fourth-order valence-electron chi connectivity index (χ4n) is 0.816. The normalized spacial score (nSPS) is 9.92. The Kier molecular flexibility index (Phi) is 3.25. The van der Waals surface area contributed by atoms with E-state index in [4.69, 9.17) is 5.73 Å². The summed E-state index contributed by atoms with van der Waals surface area (Å²) in [4.78, 5) is 11.7. The summed E-state index contributed by atoms with van der Waals surface area (Å²) >= 11 is 4.63. The van der Waals surface area contributed by atoms with Gasteiger partial charge in [-0.05, 0) is 15.9 Å². The first-order valence-corrected chi connectivity index (χ1v) is 4.92. The van der Waals surface area contributed by atoms with Gasteiger partial charge in [-0.3, -0.25) is 0 Å². The summed E-state index contributed by atoms with van der Waals surface area (Å²) in [7, 11) is 1.36. The number of ether oxygens (including phenoxy) is 1. The lowest BCUT2D eigenvalue weighted by atomic mass is 10.2. The molecule has 2 N–H and O–H groups in total. The largest absolute Gasteiger partial charge is 0.465 e. The van der Waals surface area contributed by atoms with Crippen molar-refractivity contribution in [1.29, 1.82) is 0 Å². The zero-order chi connectivity index (χ0) is 9.14. The van der Waals surface area contributed by atoms with Crippen LogP contribution in [0.15, 0.2) is 9.85 Å². The second-order valence-corrected chi connectivity index (χ2v) is 3.82. The van der Waals surface area contributed by atoms with Crippen LogP contribution in [0.5, 0.6) is 0 Å². The van der Waals surface area contributed by atoms with Crippen LogP contribution in [0.4, 0.5) is 0 Å². The lowest BCUT2D eigenvalue weighted by Crippen LogP contribution is -2.05. The van der Waals surface area contributed by atoms with Gasteiger partial charge in [-0.1, -0.05) is 0 Å². The van der Waals surface area contributed by atoms with E-state index in [-0.39, 0.29) is 5.97 Å². The Labute approximate surface area is 82.6 Å². The molecule has 0 amide bonds. The number of halogens is 1. The molecule has 0 aromatic carbocycles. The van der Waals surface area contributed by atoms with Crippen molar-refractivity contribution < 1.29 is 9.53 Å². The second kappa shape index (κ2) is 4.02. The topological polar surface area (TPSA) is 52.3 Å². The highest BCUT2D eigenvalue weighted by Gasteiger charge is 2.15. The molecule has 0 aliphatic heterocycles. The molecule has 0 fully saturated rings. The van der Waals surface area contributed by atoms with Gasteiger partial charge in [0.1, 0.15) is 4.88 Å². The monoisotopic (exact) mass is 249 g/mol. The van der Waals surface area contributed by atoms with Crippen LogP contribution in [0.2, 0.25) is 0 Å². The van der Waals surface area contributed by atoms with Gasteiger partial charge in [-0.15, -0.1) is 11.3 Å². The molecule has 0 aliphatic rings. The Hall–Kier alpha value is -0.390. The van der Waals surface area contributed by atoms with E-state index in [9.17, 15) is 4.79 Å². The van der Waals surface area contributed by atoms with Crippen molar-refractivity contribution in [3.8, 4) is 0 Å². The number of methoxy groups -OCH3 is 1. The van der Waals surface area contributed by atoms with Crippen LogP contribution in [0.1, 0.15) is 15.2 Å². The molecule has 66 valence electrons. The summed E-state index contributed by atoms with van der Waals surface area (Å²) in [5, 5.41) is 1.83. The molecule has 1 aromatic rings. The number of carbonyl (C=O) groups is 1. The molecule has 0 aliphatic carbocycles. The van der Waals surface area contributed by atoms with Crippen molar-refractivity contribution in [1.82, 2.24) is 0 Å². The average molecular weight is 250 g/mol. The molecule has 1 aromatic heterocycles. The lowest BCUT2D eigenvalue weighted by molar-refractivity contribution is 0.0605. The number of hydrogen-bond donors (Lipinski definition) is 1. The fraction of sp³-hybridized carbons (Fsp3) is 0.286. The van der Waals surface area contributed by atoms with Crippen LogP contribution >= 0.6 is 27.3 Å². The number of thiophene rings is 1. The first-order valence-electron chi connectivity index (χ1n) is 3.25. The Morgan fingerprint density at radius 1 is 1.83 bits per heavy atom. The highest BCUT2D eigenvalue weighted by atomic mass is 79.9. The van der Waals surface area contributed by atoms with E-state index < -0.39 is 0 Å². The van der Waals surface area contributed by atoms with Crippen LogP contribution in [0, 0.1) is 0 Å². The van der Waals surface area contributed by atoms with Crippen molar-refractivity contribution in [2.75, 3.05) is 7.11 Å². The van der Waals surface area contributed by atoms with E-state index in [1.165, 1.54) is 18.4 Å². The number of carbonyl (C=O) groups excluding carboxylic acids is 1. The fourth-order valence-corrected chi connectivity index (χ4v) is 2.47. The van der Waals surface area contributed by atoms with Crippen molar-refractivity contribution in [2.24, 2.45) is 5.73 Å². The molecule has 0 bridgehead atoms. The molecule has 0 radical (unpaired) electrons. The molecule has 1 rings (SSSR count). The highest BCUT2D eigenvalue weighted by Crippen LogP contribution is 2.27. The molecule has 3 nitrogen and oxygen atoms in total. The minimum Gasteiger partial charge on any atom is -0.465 e.